The fourth-order valence-corrected chi connectivity index (χ4v) is 3.97. The van der Waals surface area contributed by atoms with E-state index in [0.717, 1.165) is 5.01 Å². The third kappa shape index (κ3) is 4.65. The van der Waals surface area contributed by atoms with Crippen molar-refractivity contribution in [1.29, 1.82) is 0 Å². The molecule has 0 aliphatic carbocycles. The van der Waals surface area contributed by atoms with Gasteiger partial charge in [-0.25, -0.2) is 18.1 Å². The molecular formula is C17H23N3O3S2. The molecule has 0 aliphatic rings. The monoisotopic (exact) mass is 381 g/mol. The fraction of sp³-hybridized carbons (Fsp3) is 0.412. The van der Waals surface area contributed by atoms with Crippen molar-refractivity contribution in [3.63, 3.8) is 0 Å². The summed E-state index contributed by atoms with van der Waals surface area (Å²) in [6, 6.07) is 6.49. The molecule has 0 saturated carbocycles. The van der Waals surface area contributed by atoms with Gasteiger partial charge in [-0.05, 0) is 31.7 Å². The lowest BCUT2D eigenvalue weighted by atomic mass is 9.98. The van der Waals surface area contributed by atoms with E-state index in [1.165, 1.54) is 24.5 Å². The molecule has 8 heteroatoms. The summed E-state index contributed by atoms with van der Waals surface area (Å²) >= 11 is 1.39. The Hall–Kier alpha value is -1.77. The highest BCUT2D eigenvalue weighted by Gasteiger charge is 2.23. The van der Waals surface area contributed by atoms with E-state index in [-0.39, 0.29) is 22.8 Å². The minimum Gasteiger partial charge on any atom is -0.347 e. The Labute approximate surface area is 152 Å². The highest BCUT2D eigenvalue weighted by Crippen LogP contribution is 2.29. The largest absolute Gasteiger partial charge is 0.347 e. The number of hydrogen-bond donors (Lipinski definition) is 2. The molecule has 1 heterocycles. The van der Waals surface area contributed by atoms with Gasteiger partial charge in [0, 0.05) is 12.0 Å². The van der Waals surface area contributed by atoms with Crippen molar-refractivity contribution in [3.8, 4) is 0 Å². The molecule has 0 bridgehead atoms. The molecule has 0 atom stereocenters. The predicted molar refractivity (Wildman–Crippen MR) is 99.4 cm³/mol. The van der Waals surface area contributed by atoms with E-state index in [4.69, 9.17) is 0 Å². The zero-order valence-electron chi connectivity index (χ0n) is 15.0. The average molecular weight is 382 g/mol. The second kappa shape index (κ2) is 7.23. The van der Waals surface area contributed by atoms with Crippen LogP contribution in [0.5, 0.6) is 0 Å². The SMILES string of the molecule is CNS(=O)(=O)c1cccc(CNC(=O)c2sc(C(C)(C)C)nc2C)c1. The Morgan fingerprint density at radius 1 is 1.28 bits per heavy atom. The molecule has 1 aromatic heterocycles. The highest BCUT2D eigenvalue weighted by molar-refractivity contribution is 7.89. The zero-order valence-corrected chi connectivity index (χ0v) is 16.6. The number of hydrogen-bond acceptors (Lipinski definition) is 5. The second-order valence-corrected chi connectivity index (χ2v) is 9.61. The van der Waals surface area contributed by atoms with E-state index in [1.54, 1.807) is 18.2 Å². The number of carbonyl (C=O) groups is 1. The molecule has 25 heavy (non-hydrogen) atoms. The minimum absolute atomic E-state index is 0.107. The summed E-state index contributed by atoms with van der Waals surface area (Å²) < 4.78 is 26.0. The third-order valence-corrected chi connectivity index (χ3v) is 6.57. The molecule has 0 aliphatic heterocycles. The number of benzene rings is 1. The van der Waals surface area contributed by atoms with E-state index < -0.39 is 10.0 Å². The number of aromatic nitrogens is 1. The van der Waals surface area contributed by atoms with Crippen LogP contribution < -0.4 is 10.0 Å². The summed E-state index contributed by atoms with van der Waals surface area (Å²) in [7, 11) is -2.14. The molecule has 2 rings (SSSR count). The third-order valence-electron chi connectivity index (χ3n) is 3.57. The standard InChI is InChI=1S/C17H23N3O3S2/c1-11-14(24-16(20-11)17(2,3)4)15(21)19-10-12-7-6-8-13(9-12)25(22,23)18-5/h6-9,18H,10H2,1-5H3,(H,19,21). The van der Waals surface area contributed by atoms with Crippen molar-refractivity contribution in [2.24, 2.45) is 0 Å². The van der Waals surface area contributed by atoms with Gasteiger partial charge in [-0.15, -0.1) is 11.3 Å². The molecular weight excluding hydrogens is 358 g/mol. The first-order chi connectivity index (χ1) is 11.5. The quantitative estimate of drug-likeness (QED) is 0.833. The Balaban J connectivity index is 2.13. The second-order valence-electron chi connectivity index (χ2n) is 6.72. The van der Waals surface area contributed by atoms with Crippen molar-refractivity contribution < 1.29 is 13.2 Å². The van der Waals surface area contributed by atoms with Gasteiger partial charge in [0.05, 0.1) is 15.6 Å². The van der Waals surface area contributed by atoms with Crippen LogP contribution in [0.1, 0.15) is 46.7 Å². The van der Waals surface area contributed by atoms with Crippen LogP contribution in [0.2, 0.25) is 0 Å². The molecule has 6 nitrogen and oxygen atoms in total. The summed E-state index contributed by atoms with van der Waals surface area (Å²) in [5.41, 5.74) is 1.31. The van der Waals surface area contributed by atoms with Crippen LogP contribution in [-0.2, 0) is 22.0 Å². The number of sulfonamides is 1. The number of aryl methyl sites for hydroxylation is 1. The van der Waals surface area contributed by atoms with Crippen LogP contribution in [0.3, 0.4) is 0 Å². The zero-order chi connectivity index (χ0) is 18.8. The Morgan fingerprint density at radius 3 is 2.52 bits per heavy atom. The van der Waals surface area contributed by atoms with Crippen LogP contribution in [0, 0.1) is 6.92 Å². The summed E-state index contributed by atoms with van der Waals surface area (Å²) in [5.74, 6) is -0.202. The number of amides is 1. The van der Waals surface area contributed by atoms with Crippen molar-refractivity contribution in [1.82, 2.24) is 15.0 Å². The van der Waals surface area contributed by atoms with Gasteiger partial charge in [-0.2, -0.15) is 0 Å². The smallest absolute Gasteiger partial charge is 0.263 e. The van der Waals surface area contributed by atoms with E-state index in [0.29, 0.717) is 16.1 Å². The Kier molecular flexibility index (Phi) is 5.65. The number of nitrogens with zero attached hydrogens (tertiary/aromatic N) is 1. The summed E-state index contributed by atoms with van der Waals surface area (Å²) in [6.45, 7) is 8.23. The van der Waals surface area contributed by atoms with Gasteiger partial charge in [0.25, 0.3) is 5.91 Å². The topological polar surface area (TPSA) is 88.2 Å². The average Bonchev–Trinajstić information content (AvgIpc) is 2.95. The summed E-state index contributed by atoms with van der Waals surface area (Å²) in [4.78, 5) is 17.7. The normalized spacial score (nSPS) is 12.2. The lowest BCUT2D eigenvalue weighted by molar-refractivity contribution is 0.0954. The van der Waals surface area contributed by atoms with E-state index in [2.05, 4.69) is 35.8 Å². The molecule has 1 amide bonds. The minimum atomic E-state index is -3.50. The van der Waals surface area contributed by atoms with E-state index >= 15 is 0 Å². The molecule has 2 aromatic rings. The fourth-order valence-electron chi connectivity index (χ4n) is 2.13. The number of nitrogens with one attached hydrogen (secondary N) is 2. The van der Waals surface area contributed by atoms with Crippen molar-refractivity contribution in [2.45, 2.75) is 44.6 Å². The Morgan fingerprint density at radius 2 is 1.96 bits per heavy atom. The van der Waals surface area contributed by atoms with Crippen LogP contribution >= 0.6 is 11.3 Å². The van der Waals surface area contributed by atoms with Gasteiger partial charge in [0.2, 0.25) is 10.0 Å². The van der Waals surface area contributed by atoms with E-state index in [9.17, 15) is 13.2 Å². The first-order valence-corrected chi connectivity index (χ1v) is 10.1. The van der Waals surface area contributed by atoms with Gasteiger partial charge in [0.1, 0.15) is 4.88 Å². The maximum absolute atomic E-state index is 12.4. The Bertz CT molecular complexity index is 881. The summed E-state index contributed by atoms with van der Waals surface area (Å²) in [6.07, 6.45) is 0. The first kappa shape index (κ1) is 19.6. The molecule has 0 saturated heterocycles. The van der Waals surface area contributed by atoms with Gasteiger partial charge < -0.3 is 5.32 Å². The summed E-state index contributed by atoms with van der Waals surface area (Å²) in [5, 5.41) is 3.75. The molecule has 0 unspecified atom stereocenters. The van der Waals surface area contributed by atoms with Crippen LogP contribution in [0.15, 0.2) is 29.2 Å². The molecule has 0 spiro atoms. The number of carbonyl (C=O) groups excluding carboxylic acids is 1. The van der Waals surface area contributed by atoms with Gasteiger partial charge in [-0.1, -0.05) is 32.9 Å². The maximum Gasteiger partial charge on any atom is 0.263 e. The molecule has 0 radical (unpaired) electrons. The number of thiazole rings is 1. The lowest BCUT2D eigenvalue weighted by Gasteiger charge is -2.13. The van der Waals surface area contributed by atoms with Crippen LogP contribution in [0.25, 0.3) is 0 Å². The molecule has 136 valence electrons. The van der Waals surface area contributed by atoms with E-state index in [1.807, 2.05) is 6.92 Å². The van der Waals surface area contributed by atoms with Crippen molar-refractivity contribution in [3.05, 3.63) is 45.4 Å². The first-order valence-electron chi connectivity index (χ1n) is 7.83. The number of rotatable bonds is 5. The predicted octanol–water partition coefficient (Wildman–Crippen LogP) is 2.59. The molecule has 2 N–H and O–H groups in total. The van der Waals surface area contributed by atoms with Crippen LogP contribution in [-0.4, -0.2) is 26.4 Å². The van der Waals surface area contributed by atoms with Gasteiger partial charge in [0.15, 0.2) is 0 Å². The molecule has 0 fully saturated rings. The van der Waals surface area contributed by atoms with Crippen molar-refractivity contribution >= 4 is 27.3 Å². The maximum atomic E-state index is 12.4. The van der Waals surface area contributed by atoms with Crippen molar-refractivity contribution in [2.75, 3.05) is 7.05 Å². The lowest BCUT2D eigenvalue weighted by Crippen LogP contribution is -2.23. The van der Waals surface area contributed by atoms with Gasteiger partial charge in [-0.3, -0.25) is 4.79 Å². The highest BCUT2D eigenvalue weighted by atomic mass is 32.2. The molecule has 1 aromatic carbocycles. The van der Waals surface area contributed by atoms with Gasteiger partial charge >= 0.3 is 0 Å². The van der Waals surface area contributed by atoms with Crippen LogP contribution in [0.4, 0.5) is 0 Å².